The van der Waals surface area contributed by atoms with Gasteiger partial charge in [-0.05, 0) is 34.9 Å². The first kappa shape index (κ1) is 15.5. The molecule has 2 N–H and O–H groups in total. The number of amides is 1. The molecule has 0 aliphatic carbocycles. The minimum atomic E-state index is 0.275. The Hall–Kier alpha value is -0.910. The average Bonchev–Trinajstić information content (AvgIpc) is 2.98. The minimum absolute atomic E-state index is 0.275. The maximum Gasteiger partial charge on any atom is 0.222 e. The molecule has 1 aliphatic rings. The number of hydrogen-bond acceptors (Lipinski definition) is 4. The van der Waals surface area contributed by atoms with Crippen LogP contribution in [0.4, 0.5) is 0 Å². The van der Waals surface area contributed by atoms with Gasteiger partial charge < -0.3 is 10.6 Å². The molecule has 1 fully saturated rings. The summed E-state index contributed by atoms with van der Waals surface area (Å²) in [7, 11) is 0. The average molecular weight is 295 g/mol. The van der Waals surface area contributed by atoms with Crippen molar-refractivity contribution in [3.63, 3.8) is 0 Å². The van der Waals surface area contributed by atoms with E-state index in [-0.39, 0.29) is 5.91 Å². The largest absolute Gasteiger partial charge is 0.340 e. The van der Waals surface area contributed by atoms with Gasteiger partial charge in [0.05, 0.1) is 0 Å². The summed E-state index contributed by atoms with van der Waals surface area (Å²) in [5.74, 6) is 0.615. The van der Waals surface area contributed by atoms with Gasteiger partial charge in [-0.15, -0.1) is 0 Å². The lowest BCUT2D eigenvalue weighted by molar-refractivity contribution is -0.134. The van der Waals surface area contributed by atoms with E-state index in [9.17, 15) is 4.79 Å². The molecule has 1 unspecified atom stereocenters. The van der Waals surface area contributed by atoms with Gasteiger partial charge in [-0.2, -0.15) is 11.3 Å². The van der Waals surface area contributed by atoms with Crippen molar-refractivity contribution in [3.8, 4) is 0 Å². The first-order valence-corrected chi connectivity index (χ1v) is 8.38. The molecule has 1 amide bonds. The predicted octanol–water partition coefficient (Wildman–Crippen LogP) is 1.77. The normalized spacial score (nSPS) is 18.2. The summed E-state index contributed by atoms with van der Waals surface area (Å²) in [6, 6.07) is 2.18. The monoisotopic (exact) mass is 295 g/mol. The fourth-order valence-corrected chi connectivity index (χ4v) is 3.23. The van der Waals surface area contributed by atoms with E-state index >= 15 is 0 Å². The third-order valence-corrected chi connectivity index (χ3v) is 4.82. The molecule has 20 heavy (non-hydrogen) atoms. The molecular weight excluding hydrogens is 270 g/mol. The molecular formula is C15H25N3OS. The molecule has 2 rings (SSSR count). The van der Waals surface area contributed by atoms with Gasteiger partial charge >= 0.3 is 0 Å². The number of nitrogens with zero attached hydrogens (tertiary/aromatic N) is 2. The Morgan fingerprint density at radius 3 is 2.70 bits per heavy atom. The van der Waals surface area contributed by atoms with Gasteiger partial charge in [-0.3, -0.25) is 9.69 Å². The maximum absolute atomic E-state index is 12.2. The zero-order chi connectivity index (χ0) is 14.4. The highest BCUT2D eigenvalue weighted by Crippen LogP contribution is 2.14. The molecule has 0 aromatic carbocycles. The van der Waals surface area contributed by atoms with Crippen molar-refractivity contribution in [2.75, 3.05) is 32.7 Å². The van der Waals surface area contributed by atoms with Crippen LogP contribution in [0, 0.1) is 5.92 Å². The van der Waals surface area contributed by atoms with Crippen LogP contribution < -0.4 is 5.73 Å². The second-order valence-electron chi connectivity index (χ2n) is 5.50. The highest BCUT2D eigenvalue weighted by Gasteiger charge is 2.22. The van der Waals surface area contributed by atoms with Crippen molar-refractivity contribution >= 4 is 17.2 Å². The molecule has 0 spiro atoms. The number of rotatable bonds is 6. The molecule has 2 heterocycles. The van der Waals surface area contributed by atoms with E-state index in [2.05, 4.69) is 28.7 Å². The summed E-state index contributed by atoms with van der Waals surface area (Å²) < 4.78 is 0. The van der Waals surface area contributed by atoms with Gasteiger partial charge in [0.2, 0.25) is 5.91 Å². The van der Waals surface area contributed by atoms with Gasteiger partial charge in [0.15, 0.2) is 0 Å². The molecule has 1 aromatic heterocycles. The zero-order valence-electron chi connectivity index (χ0n) is 12.3. The van der Waals surface area contributed by atoms with Gasteiger partial charge in [0.1, 0.15) is 0 Å². The van der Waals surface area contributed by atoms with Crippen molar-refractivity contribution in [1.29, 1.82) is 0 Å². The lowest BCUT2D eigenvalue weighted by atomic mass is 10.0. The SMILES string of the molecule is CCC(CN)CC(=O)N1CCN(Cc2ccsc2)CC1. The first-order valence-electron chi connectivity index (χ1n) is 7.44. The molecule has 4 nitrogen and oxygen atoms in total. The summed E-state index contributed by atoms with van der Waals surface area (Å²) >= 11 is 1.74. The van der Waals surface area contributed by atoms with Crippen LogP contribution >= 0.6 is 11.3 Å². The van der Waals surface area contributed by atoms with Gasteiger partial charge in [0.25, 0.3) is 0 Å². The molecule has 0 saturated carbocycles. The highest BCUT2D eigenvalue weighted by atomic mass is 32.1. The summed E-state index contributed by atoms with van der Waals surface area (Å²) in [6.07, 6.45) is 1.60. The first-order chi connectivity index (χ1) is 9.72. The second kappa shape index (κ2) is 7.76. The van der Waals surface area contributed by atoms with Crippen LogP contribution in [0.5, 0.6) is 0 Å². The lowest BCUT2D eigenvalue weighted by Crippen LogP contribution is -2.48. The Bertz CT molecular complexity index is 395. The fraction of sp³-hybridized carbons (Fsp3) is 0.667. The number of nitrogens with two attached hydrogens (primary N) is 1. The Balaban J connectivity index is 1.74. The third kappa shape index (κ3) is 4.30. The van der Waals surface area contributed by atoms with E-state index in [4.69, 9.17) is 5.73 Å². The number of piperazine rings is 1. The van der Waals surface area contributed by atoms with E-state index in [1.807, 2.05) is 4.90 Å². The number of thiophene rings is 1. The molecule has 1 saturated heterocycles. The van der Waals surface area contributed by atoms with Crippen LogP contribution in [-0.2, 0) is 11.3 Å². The Labute approximate surface area is 125 Å². The molecule has 1 aliphatic heterocycles. The number of carbonyl (C=O) groups excluding carboxylic acids is 1. The quantitative estimate of drug-likeness (QED) is 0.870. The summed E-state index contributed by atoms with van der Waals surface area (Å²) in [5, 5.41) is 4.32. The number of hydrogen-bond donors (Lipinski definition) is 1. The van der Waals surface area contributed by atoms with E-state index < -0.39 is 0 Å². The molecule has 112 valence electrons. The molecule has 5 heteroatoms. The molecule has 1 aromatic rings. The fourth-order valence-electron chi connectivity index (χ4n) is 2.57. The van der Waals surface area contributed by atoms with Crippen molar-refractivity contribution in [3.05, 3.63) is 22.4 Å². The molecule has 0 radical (unpaired) electrons. The Morgan fingerprint density at radius 1 is 1.40 bits per heavy atom. The van der Waals surface area contributed by atoms with Crippen molar-refractivity contribution in [1.82, 2.24) is 9.80 Å². The van der Waals surface area contributed by atoms with E-state index in [1.165, 1.54) is 5.56 Å². The highest BCUT2D eigenvalue weighted by molar-refractivity contribution is 7.07. The summed E-state index contributed by atoms with van der Waals surface area (Å²) in [5.41, 5.74) is 7.06. The zero-order valence-corrected chi connectivity index (χ0v) is 13.1. The van der Waals surface area contributed by atoms with Crippen LogP contribution in [0.15, 0.2) is 16.8 Å². The number of carbonyl (C=O) groups is 1. The van der Waals surface area contributed by atoms with Crippen LogP contribution in [0.1, 0.15) is 25.3 Å². The van der Waals surface area contributed by atoms with E-state index in [0.29, 0.717) is 18.9 Å². The third-order valence-electron chi connectivity index (χ3n) is 4.09. The molecule has 0 bridgehead atoms. The molecule has 1 atom stereocenters. The maximum atomic E-state index is 12.2. The van der Waals surface area contributed by atoms with Gasteiger partial charge in [-0.1, -0.05) is 13.3 Å². The second-order valence-corrected chi connectivity index (χ2v) is 6.28. The van der Waals surface area contributed by atoms with Gasteiger partial charge in [0, 0.05) is 39.1 Å². The van der Waals surface area contributed by atoms with Crippen LogP contribution in [0.2, 0.25) is 0 Å². The minimum Gasteiger partial charge on any atom is -0.340 e. The summed E-state index contributed by atoms with van der Waals surface area (Å²) in [4.78, 5) is 16.6. The van der Waals surface area contributed by atoms with Crippen molar-refractivity contribution < 1.29 is 4.79 Å². The topological polar surface area (TPSA) is 49.6 Å². The Morgan fingerprint density at radius 2 is 2.15 bits per heavy atom. The van der Waals surface area contributed by atoms with Gasteiger partial charge in [-0.25, -0.2) is 0 Å². The van der Waals surface area contributed by atoms with Crippen molar-refractivity contribution in [2.45, 2.75) is 26.3 Å². The van der Waals surface area contributed by atoms with Crippen LogP contribution in [0.25, 0.3) is 0 Å². The standard InChI is InChI=1S/C15H25N3OS/c1-2-13(10-16)9-15(19)18-6-4-17(5-7-18)11-14-3-8-20-12-14/h3,8,12-13H,2,4-7,9-11,16H2,1H3. The van der Waals surface area contributed by atoms with Crippen LogP contribution in [-0.4, -0.2) is 48.4 Å². The van der Waals surface area contributed by atoms with Crippen molar-refractivity contribution in [2.24, 2.45) is 11.7 Å². The van der Waals surface area contributed by atoms with Crippen LogP contribution in [0.3, 0.4) is 0 Å². The predicted molar refractivity (Wildman–Crippen MR) is 83.6 cm³/mol. The Kier molecular flexibility index (Phi) is 6.01. The lowest BCUT2D eigenvalue weighted by Gasteiger charge is -2.35. The van der Waals surface area contributed by atoms with E-state index in [1.54, 1.807) is 11.3 Å². The van der Waals surface area contributed by atoms with E-state index in [0.717, 1.165) is 39.1 Å². The smallest absolute Gasteiger partial charge is 0.222 e. The summed E-state index contributed by atoms with van der Waals surface area (Å²) in [6.45, 7) is 7.37.